The van der Waals surface area contributed by atoms with Crippen LogP contribution in [0.1, 0.15) is 22.8 Å². The topological polar surface area (TPSA) is 34.1 Å². The molecule has 2 nitrogen and oxygen atoms in total. The van der Waals surface area contributed by atoms with Crippen molar-refractivity contribution in [3.63, 3.8) is 0 Å². The molecular formula is C14H12O2. The maximum absolute atomic E-state index is 11.0. The summed E-state index contributed by atoms with van der Waals surface area (Å²) in [5.41, 5.74) is 1.69. The second kappa shape index (κ2) is 4.27. The van der Waals surface area contributed by atoms with E-state index in [1.807, 2.05) is 30.3 Å². The van der Waals surface area contributed by atoms with Gasteiger partial charge < -0.3 is 0 Å². The van der Waals surface area contributed by atoms with Gasteiger partial charge in [0.1, 0.15) is 12.1 Å². The van der Waals surface area contributed by atoms with Gasteiger partial charge in [-0.1, -0.05) is 30.3 Å². The van der Waals surface area contributed by atoms with Crippen LogP contribution in [0.5, 0.6) is 0 Å². The SMILES string of the molecule is CC(=O)Cc1ccc2cc(C=O)ccc2c1. The fourth-order valence-electron chi connectivity index (χ4n) is 1.78. The van der Waals surface area contributed by atoms with E-state index >= 15 is 0 Å². The molecule has 0 heterocycles. The lowest BCUT2D eigenvalue weighted by molar-refractivity contribution is -0.116. The largest absolute Gasteiger partial charge is 0.300 e. The average molecular weight is 212 g/mol. The van der Waals surface area contributed by atoms with Gasteiger partial charge in [-0.3, -0.25) is 9.59 Å². The van der Waals surface area contributed by atoms with Gasteiger partial charge in [0.15, 0.2) is 0 Å². The number of benzene rings is 2. The lowest BCUT2D eigenvalue weighted by atomic mass is 10.0. The molecule has 2 aromatic rings. The minimum atomic E-state index is 0.156. The maximum Gasteiger partial charge on any atom is 0.150 e. The molecule has 80 valence electrons. The van der Waals surface area contributed by atoms with Crippen LogP contribution >= 0.6 is 0 Å². The molecule has 2 aromatic carbocycles. The third kappa shape index (κ3) is 2.16. The van der Waals surface area contributed by atoms with Crippen LogP contribution in [0.4, 0.5) is 0 Å². The molecule has 0 saturated carbocycles. The van der Waals surface area contributed by atoms with Gasteiger partial charge in [-0.2, -0.15) is 0 Å². The van der Waals surface area contributed by atoms with E-state index in [9.17, 15) is 9.59 Å². The normalized spacial score (nSPS) is 10.3. The summed E-state index contributed by atoms with van der Waals surface area (Å²) >= 11 is 0. The Bertz CT molecular complexity index is 556. The maximum atomic E-state index is 11.0. The highest BCUT2D eigenvalue weighted by molar-refractivity contribution is 5.90. The average Bonchev–Trinajstić information content (AvgIpc) is 2.27. The molecule has 0 fully saturated rings. The van der Waals surface area contributed by atoms with Crippen LogP contribution in [0.15, 0.2) is 36.4 Å². The van der Waals surface area contributed by atoms with E-state index in [0.29, 0.717) is 12.0 Å². The first-order valence-corrected chi connectivity index (χ1v) is 5.16. The summed E-state index contributed by atoms with van der Waals surface area (Å²) in [5, 5.41) is 2.08. The number of carbonyl (C=O) groups is 2. The predicted octanol–water partition coefficient (Wildman–Crippen LogP) is 2.78. The Balaban J connectivity index is 2.47. The zero-order chi connectivity index (χ0) is 11.5. The minimum absolute atomic E-state index is 0.156. The van der Waals surface area contributed by atoms with Crippen molar-refractivity contribution in [1.29, 1.82) is 0 Å². The number of fused-ring (bicyclic) bond motifs is 1. The van der Waals surface area contributed by atoms with E-state index in [-0.39, 0.29) is 5.78 Å². The van der Waals surface area contributed by atoms with E-state index in [2.05, 4.69) is 0 Å². The van der Waals surface area contributed by atoms with Crippen molar-refractivity contribution in [2.45, 2.75) is 13.3 Å². The summed E-state index contributed by atoms with van der Waals surface area (Å²) < 4.78 is 0. The minimum Gasteiger partial charge on any atom is -0.300 e. The smallest absolute Gasteiger partial charge is 0.150 e. The van der Waals surface area contributed by atoms with Crippen LogP contribution in [0, 0.1) is 0 Å². The van der Waals surface area contributed by atoms with Crippen LogP contribution in [0.3, 0.4) is 0 Å². The number of ketones is 1. The Kier molecular flexibility index (Phi) is 2.82. The van der Waals surface area contributed by atoms with Gasteiger partial charge in [0.05, 0.1) is 0 Å². The number of rotatable bonds is 3. The van der Waals surface area contributed by atoms with Gasteiger partial charge in [-0.15, -0.1) is 0 Å². The zero-order valence-electron chi connectivity index (χ0n) is 9.07. The quantitative estimate of drug-likeness (QED) is 0.733. The summed E-state index contributed by atoms with van der Waals surface area (Å²) in [7, 11) is 0. The highest BCUT2D eigenvalue weighted by Crippen LogP contribution is 2.17. The fourth-order valence-corrected chi connectivity index (χ4v) is 1.78. The Hall–Kier alpha value is -1.96. The lowest BCUT2D eigenvalue weighted by Gasteiger charge is -2.02. The van der Waals surface area contributed by atoms with Crippen molar-refractivity contribution in [2.75, 3.05) is 0 Å². The Morgan fingerprint density at radius 2 is 1.81 bits per heavy atom. The summed E-state index contributed by atoms with van der Waals surface area (Å²) in [5.74, 6) is 0.156. The molecule has 0 aliphatic heterocycles. The first-order chi connectivity index (χ1) is 7.69. The van der Waals surface area contributed by atoms with Crippen LogP contribution in [-0.2, 0) is 11.2 Å². The van der Waals surface area contributed by atoms with Crippen molar-refractivity contribution in [2.24, 2.45) is 0 Å². The van der Waals surface area contributed by atoms with E-state index in [4.69, 9.17) is 0 Å². The molecule has 0 radical (unpaired) electrons. The monoisotopic (exact) mass is 212 g/mol. The van der Waals surface area contributed by atoms with Gasteiger partial charge in [-0.05, 0) is 29.3 Å². The van der Waals surface area contributed by atoms with Crippen molar-refractivity contribution in [3.05, 3.63) is 47.5 Å². The molecule has 16 heavy (non-hydrogen) atoms. The van der Waals surface area contributed by atoms with Gasteiger partial charge in [0.25, 0.3) is 0 Å². The molecule has 2 rings (SSSR count). The fraction of sp³-hybridized carbons (Fsp3) is 0.143. The molecule has 0 aliphatic carbocycles. The van der Waals surface area contributed by atoms with Crippen molar-refractivity contribution in [1.82, 2.24) is 0 Å². The molecule has 0 aromatic heterocycles. The van der Waals surface area contributed by atoms with Gasteiger partial charge in [-0.25, -0.2) is 0 Å². The Morgan fingerprint density at radius 3 is 2.50 bits per heavy atom. The third-order valence-corrected chi connectivity index (χ3v) is 2.52. The first-order valence-electron chi connectivity index (χ1n) is 5.16. The summed E-state index contributed by atoms with van der Waals surface area (Å²) in [6, 6.07) is 11.4. The van der Waals surface area contributed by atoms with Gasteiger partial charge >= 0.3 is 0 Å². The second-order valence-electron chi connectivity index (χ2n) is 3.94. The number of carbonyl (C=O) groups excluding carboxylic acids is 2. The van der Waals surface area contributed by atoms with E-state index < -0.39 is 0 Å². The molecule has 0 saturated heterocycles. The molecule has 0 atom stereocenters. The molecule has 0 amide bonds. The summed E-state index contributed by atoms with van der Waals surface area (Å²) in [6.45, 7) is 1.58. The molecule has 0 N–H and O–H groups in total. The van der Waals surface area contributed by atoms with Crippen molar-refractivity contribution in [3.8, 4) is 0 Å². The van der Waals surface area contributed by atoms with E-state index in [0.717, 1.165) is 22.6 Å². The van der Waals surface area contributed by atoms with Crippen molar-refractivity contribution >= 4 is 22.8 Å². The molecule has 0 bridgehead atoms. The first kappa shape index (κ1) is 10.6. The lowest BCUT2D eigenvalue weighted by Crippen LogP contribution is -1.95. The Labute approximate surface area is 93.9 Å². The molecule has 0 aliphatic rings. The van der Waals surface area contributed by atoms with Crippen LogP contribution in [-0.4, -0.2) is 12.1 Å². The third-order valence-electron chi connectivity index (χ3n) is 2.52. The molecular weight excluding hydrogens is 200 g/mol. The number of hydrogen-bond acceptors (Lipinski definition) is 2. The zero-order valence-corrected chi connectivity index (χ0v) is 9.07. The number of aldehydes is 1. The Morgan fingerprint density at radius 1 is 1.12 bits per heavy atom. The van der Waals surface area contributed by atoms with E-state index in [1.54, 1.807) is 13.0 Å². The van der Waals surface area contributed by atoms with E-state index in [1.165, 1.54) is 0 Å². The second-order valence-corrected chi connectivity index (χ2v) is 3.94. The van der Waals surface area contributed by atoms with Crippen LogP contribution in [0.2, 0.25) is 0 Å². The highest BCUT2D eigenvalue weighted by Gasteiger charge is 2.00. The van der Waals surface area contributed by atoms with Gasteiger partial charge in [0, 0.05) is 12.0 Å². The molecule has 2 heteroatoms. The van der Waals surface area contributed by atoms with Crippen LogP contribution < -0.4 is 0 Å². The molecule has 0 unspecified atom stereocenters. The predicted molar refractivity (Wildman–Crippen MR) is 63.7 cm³/mol. The van der Waals surface area contributed by atoms with Gasteiger partial charge in [0.2, 0.25) is 0 Å². The highest BCUT2D eigenvalue weighted by atomic mass is 16.1. The molecule has 0 spiro atoms. The number of hydrogen-bond donors (Lipinski definition) is 0. The summed E-state index contributed by atoms with van der Waals surface area (Å²) in [4.78, 5) is 21.6. The van der Waals surface area contributed by atoms with Crippen LogP contribution in [0.25, 0.3) is 10.8 Å². The van der Waals surface area contributed by atoms with Crippen molar-refractivity contribution < 1.29 is 9.59 Å². The summed E-state index contributed by atoms with van der Waals surface area (Å²) in [6.07, 6.45) is 1.30. The standard InChI is InChI=1S/C14H12O2/c1-10(16)6-11-2-4-14-8-12(9-15)3-5-13(14)7-11/h2-5,7-9H,6H2,1H3. The number of Topliss-reactive ketones (excluding diaryl/α,β-unsaturated/α-hetero) is 1.